The number of benzene rings is 2. The summed E-state index contributed by atoms with van der Waals surface area (Å²) in [4.78, 5) is 23.7. The molecule has 1 unspecified atom stereocenters. The molecule has 32 heavy (non-hydrogen) atoms. The minimum absolute atomic E-state index is 0. The van der Waals surface area contributed by atoms with Crippen LogP contribution < -0.4 is 5.32 Å². The molecule has 1 saturated heterocycles. The van der Waals surface area contributed by atoms with Crippen LogP contribution in [0, 0.1) is 5.41 Å². The van der Waals surface area contributed by atoms with E-state index in [-0.39, 0.29) is 42.1 Å². The van der Waals surface area contributed by atoms with E-state index in [1.165, 1.54) is 11.1 Å². The molecule has 3 heterocycles. The first kappa shape index (κ1) is 24.3. The van der Waals surface area contributed by atoms with E-state index in [4.69, 9.17) is 0 Å². The van der Waals surface area contributed by atoms with Gasteiger partial charge in [-0.2, -0.15) is 0 Å². The zero-order chi connectivity index (χ0) is 20.4. The number of aryl methyl sites for hydroxylation is 1. The van der Waals surface area contributed by atoms with E-state index in [9.17, 15) is 4.79 Å². The molecule has 5 nitrogen and oxygen atoms in total. The molecular weight excluding hydrogens is 443 g/mol. The van der Waals surface area contributed by atoms with E-state index in [2.05, 4.69) is 74.8 Å². The molecule has 0 radical (unpaired) electrons. The number of aromatic nitrogens is 2. The Morgan fingerprint density at radius 3 is 2.28 bits per heavy atom. The van der Waals surface area contributed by atoms with Gasteiger partial charge in [0, 0.05) is 25.6 Å². The molecule has 7 heteroatoms. The Hall–Kier alpha value is -2.34. The van der Waals surface area contributed by atoms with Crippen LogP contribution in [0.5, 0.6) is 0 Å². The van der Waals surface area contributed by atoms with Crippen molar-refractivity contribution in [2.45, 2.75) is 31.7 Å². The first-order chi connectivity index (χ1) is 14.7. The van der Waals surface area contributed by atoms with Gasteiger partial charge >= 0.3 is 0 Å². The van der Waals surface area contributed by atoms with Gasteiger partial charge in [0.1, 0.15) is 0 Å². The van der Waals surface area contributed by atoms with Gasteiger partial charge in [-0.25, -0.2) is 4.98 Å². The van der Waals surface area contributed by atoms with Crippen molar-refractivity contribution in [1.82, 2.24) is 20.2 Å². The van der Waals surface area contributed by atoms with Crippen LogP contribution in [0.15, 0.2) is 67.0 Å². The summed E-state index contributed by atoms with van der Waals surface area (Å²) in [6.07, 6.45) is 4.56. The lowest BCUT2D eigenvalue weighted by Gasteiger charge is -2.46. The third-order valence-electron chi connectivity index (χ3n) is 6.61. The van der Waals surface area contributed by atoms with Crippen molar-refractivity contribution >= 4 is 30.7 Å². The predicted octanol–water partition coefficient (Wildman–Crippen LogP) is 4.14. The van der Waals surface area contributed by atoms with Crippen molar-refractivity contribution in [3.63, 3.8) is 0 Å². The molecule has 0 saturated carbocycles. The number of nitrogens with one attached hydrogen (secondary N) is 2. The highest BCUT2D eigenvalue weighted by Gasteiger charge is 2.47. The monoisotopic (exact) mass is 472 g/mol. The van der Waals surface area contributed by atoms with Gasteiger partial charge in [0.2, 0.25) is 5.91 Å². The molecule has 170 valence electrons. The fourth-order valence-corrected chi connectivity index (χ4v) is 4.89. The SMILES string of the molecule is Cl.Cl.O=C(N1Cc2[nH]cnc2C(CCc2ccccc2)C1)C1(Cc2ccccc2)CNC1. The highest BCUT2D eigenvalue weighted by molar-refractivity contribution is 5.86. The molecule has 2 N–H and O–H groups in total. The number of hydrogen-bond donors (Lipinski definition) is 2. The van der Waals surface area contributed by atoms with E-state index in [1.54, 1.807) is 6.33 Å². The zero-order valence-electron chi connectivity index (χ0n) is 18.0. The Balaban J connectivity index is 0.00000144. The molecule has 1 fully saturated rings. The summed E-state index contributed by atoms with van der Waals surface area (Å²) >= 11 is 0. The molecule has 1 amide bonds. The third kappa shape index (κ3) is 4.85. The van der Waals surface area contributed by atoms with Crippen molar-refractivity contribution in [3.8, 4) is 0 Å². The number of hydrogen-bond acceptors (Lipinski definition) is 3. The lowest BCUT2D eigenvalue weighted by atomic mass is 9.74. The number of nitrogens with zero attached hydrogens (tertiary/aromatic N) is 2. The number of halogens is 2. The van der Waals surface area contributed by atoms with Gasteiger partial charge in [-0.1, -0.05) is 60.7 Å². The van der Waals surface area contributed by atoms with E-state index in [0.29, 0.717) is 6.54 Å². The molecule has 1 atom stereocenters. The second kappa shape index (κ2) is 10.5. The second-order valence-electron chi connectivity index (χ2n) is 8.72. The molecule has 2 aromatic carbocycles. The molecule has 0 aliphatic carbocycles. The number of amides is 1. The lowest BCUT2D eigenvalue weighted by molar-refractivity contribution is -0.146. The summed E-state index contributed by atoms with van der Waals surface area (Å²) in [6.45, 7) is 2.89. The third-order valence-corrected chi connectivity index (χ3v) is 6.61. The largest absolute Gasteiger partial charge is 0.347 e. The zero-order valence-corrected chi connectivity index (χ0v) is 19.6. The van der Waals surface area contributed by atoms with Crippen molar-refractivity contribution in [3.05, 3.63) is 89.5 Å². The van der Waals surface area contributed by atoms with E-state index < -0.39 is 0 Å². The number of carbonyl (C=O) groups is 1. The average molecular weight is 473 g/mol. The molecule has 3 aromatic rings. The normalized spacial score (nSPS) is 18.5. The summed E-state index contributed by atoms with van der Waals surface area (Å²) in [7, 11) is 0. The van der Waals surface area contributed by atoms with Crippen molar-refractivity contribution < 1.29 is 4.79 Å². The molecule has 5 rings (SSSR count). The van der Waals surface area contributed by atoms with Crippen molar-refractivity contribution in [2.75, 3.05) is 19.6 Å². The maximum Gasteiger partial charge on any atom is 0.232 e. The lowest BCUT2D eigenvalue weighted by Crippen LogP contribution is -2.63. The minimum atomic E-state index is -0.330. The fraction of sp³-hybridized carbons (Fsp3) is 0.360. The maximum absolute atomic E-state index is 13.7. The highest BCUT2D eigenvalue weighted by Crippen LogP contribution is 2.35. The summed E-state index contributed by atoms with van der Waals surface area (Å²) in [5.74, 6) is 0.543. The summed E-state index contributed by atoms with van der Waals surface area (Å²) in [6, 6.07) is 20.9. The molecule has 2 aliphatic rings. The van der Waals surface area contributed by atoms with Crippen molar-refractivity contribution in [2.24, 2.45) is 5.41 Å². The summed E-state index contributed by atoms with van der Waals surface area (Å²) in [5.41, 5.74) is 4.46. The second-order valence-corrected chi connectivity index (χ2v) is 8.72. The van der Waals surface area contributed by atoms with Crippen LogP contribution in [0.2, 0.25) is 0 Å². The van der Waals surface area contributed by atoms with Crippen LogP contribution in [0.4, 0.5) is 0 Å². The van der Waals surface area contributed by atoms with Gasteiger partial charge in [-0.3, -0.25) is 4.79 Å². The van der Waals surface area contributed by atoms with Crippen LogP contribution in [-0.2, 0) is 24.2 Å². The standard InChI is InChI=1S/C25H28N4O.2ClH/c30-24(25(16-26-17-25)13-20-9-5-2-6-10-20)29-14-21(23-22(15-29)27-18-28-23)12-11-19-7-3-1-4-8-19;;/h1-10,18,21,26H,11-17H2,(H,27,28);2*1H. The van der Waals surface area contributed by atoms with Crippen LogP contribution in [0.25, 0.3) is 0 Å². The van der Waals surface area contributed by atoms with E-state index in [1.807, 2.05) is 6.07 Å². The van der Waals surface area contributed by atoms with Crippen LogP contribution >= 0.6 is 24.8 Å². The molecule has 1 aromatic heterocycles. The average Bonchev–Trinajstić information content (AvgIpc) is 3.24. The van der Waals surface area contributed by atoms with Crippen molar-refractivity contribution in [1.29, 1.82) is 0 Å². The number of imidazole rings is 1. The van der Waals surface area contributed by atoms with E-state index in [0.717, 1.165) is 50.3 Å². The van der Waals surface area contributed by atoms with E-state index >= 15 is 0 Å². The van der Waals surface area contributed by atoms with Gasteiger partial charge in [0.05, 0.1) is 29.7 Å². The van der Waals surface area contributed by atoms with Crippen LogP contribution in [0.3, 0.4) is 0 Å². The topological polar surface area (TPSA) is 61.0 Å². The summed E-state index contributed by atoms with van der Waals surface area (Å²) in [5, 5.41) is 3.35. The first-order valence-corrected chi connectivity index (χ1v) is 10.8. The Morgan fingerprint density at radius 2 is 1.66 bits per heavy atom. The minimum Gasteiger partial charge on any atom is -0.347 e. The highest BCUT2D eigenvalue weighted by atomic mass is 35.5. The number of aromatic amines is 1. The Bertz CT molecular complexity index is 1010. The number of rotatable bonds is 6. The van der Waals surface area contributed by atoms with Crippen LogP contribution in [-0.4, -0.2) is 40.4 Å². The molecular formula is C25H30Cl2N4O. The number of fused-ring (bicyclic) bond motifs is 1. The summed E-state index contributed by atoms with van der Waals surface area (Å²) < 4.78 is 0. The smallest absolute Gasteiger partial charge is 0.232 e. The quantitative estimate of drug-likeness (QED) is 0.566. The molecule has 2 aliphatic heterocycles. The predicted molar refractivity (Wildman–Crippen MR) is 131 cm³/mol. The first-order valence-electron chi connectivity index (χ1n) is 10.8. The van der Waals surface area contributed by atoms with Crippen LogP contribution in [0.1, 0.15) is 34.9 Å². The van der Waals surface area contributed by atoms with Gasteiger partial charge < -0.3 is 15.2 Å². The Morgan fingerprint density at radius 1 is 1.00 bits per heavy atom. The fourth-order valence-electron chi connectivity index (χ4n) is 4.89. The van der Waals surface area contributed by atoms with Gasteiger partial charge in [-0.15, -0.1) is 24.8 Å². The molecule has 0 spiro atoms. The number of H-pyrrole nitrogens is 1. The number of carbonyl (C=O) groups excluding carboxylic acids is 1. The Labute approximate surface area is 201 Å². The Kier molecular flexibility index (Phi) is 7.99. The maximum atomic E-state index is 13.7. The van der Waals surface area contributed by atoms with Gasteiger partial charge in [0.25, 0.3) is 0 Å². The molecule has 0 bridgehead atoms. The van der Waals surface area contributed by atoms with Gasteiger partial charge in [0.15, 0.2) is 0 Å². The van der Waals surface area contributed by atoms with Gasteiger partial charge in [-0.05, 0) is 30.4 Å².